The van der Waals surface area contributed by atoms with Crippen LogP contribution in [0.1, 0.15) is 36.8 Å². The van der Waals surface area contributed by atoms with Gasteiger partial charge in [-0.05, 0) is 68.4 Å². The Labute approximate surface area is 173 Å². The number of piperidine rings is 1. The van der Waals surface area contributed by atoms with Crippen molar-refractivity contribution >= 4 is 15.9 Å². The van der Waals surface area contributed by atoms with E-state index in [1.165, 1.54) is 0 Å². The Kier molecular flexibility index (Phi) is 7.39. The number of aryl methyl sites for hydroxylation is 1. The molecule has 1 saturated heterocycles. The molecule has 1 atom stereocenters. The molecule has 1 aromatic carbocycles. The van der Waals surface area contributed by atoms with Crippen LogP contribution in [0.3, 0.4) is 0 Å². The number of hydrogen-bond donors (Lipinski definition) is 1. The van der Waals surface area contributed by atoms with E-state index >= 15 is 0 Å². The van der Waals surface area contributed by atoms with Crippen LogP contribution in [-0.4, -0.2) is 43.2 Å². The largest absolute Gasteiger partial charge is 0.356 e. The Morgan fingerprint density at radius 3 is 2.62 bits per heavy atom. The highest BCUT2D eigenvalue weighted by molar-refractivity contribution is 7.89. The fraction of sp³-hybridized carbons (Fsp3) is 0.455. The van der Waals surface area contributed by atoms with Crippen molar-refractivity contribution < 1.29 is 13.2 Å². The van der Waals surface area contributed by atoms with Crippen molar-refractivity contribution in [3.63, 3.8) is 0 Å². The monoisotopic (exact) mass is 415 g/mol. The zero-order chi connectivity index (χ0) is 20.7. The summed E-state index contributed by atoms with van der Waals surface area (Å²) in [4.78, 5) is 16.5. The Balaban J connectivity index is 1.45. The molecule has 0 spiro atoms. The van der Waals surface area contributed by atoms with Gasteiger partial charge in [-0.25, -0.2) is 8.42 Å². The first kappa shape index (κ1) is 21.5. The highest BCUT2D eigenvalue weighted by Crippen LogP contribution is 2.26. The number of nitrogens with one attached hydrogen (secondary N) is 1. The number of pyridine rings is 1. The van der Waals surface area contributed by atoms with Gasteiger partial charge in [0.15, 0.2) is 0 Å². The molecule has 2 heterocycles. The second-order valence-electron chi connectivity index (χ2n) is 7.68. The molecule has 1 aliphatic heterocycles. The first-order chi connectivity index (χ1) is 13.9. The molecule has 156 valence electrons. The first-order valence-corrected chi connectivity index (χ1v) is 11.6. The maximum absolute atomic E-state index is 12.9. The molecule has 7 heteroatoms. The SMILES string of the molecule is Cc1ccc(S(=O)(=O)N2CCCC(CCC(=O)NCCc3ccncc3)C2)cc1. The van der Waals surface area contributed by atoms with E-state index in [9.17, 15) is 13.2 Å². The molecule has 0 saturated carbocycles. The van der Waals surface area contributed by atoms with Gasteiger partial charge < -0.3 is 5.32 Å². The predicted octanol–water partition coefficient (Wildman–Crippen LogP) is 2.93. The minimum atomic E-state index is -3.47. The van der Waals surface area contributed by atoms with E-state index in [4.69, 9.17) is 0 Å². The van der Waals surface area contributed by atoms with Crippen LogP contribution in [0.15, 0.2) is 53.7 Å². The van der Waals surface area contributed by atoms with E-state index in [0.29, 0.717) is 37.4 Å². The zero-order valence-electron chi connectivity index (χ0n) is 16.9. The van der Waals surface area contributed by atoms with E-state index < -0.39 is 10.0 Å². The van der Waals surface area contributed by atoms with Gasteiger partial charge in [-0.1, -0.05) is 17.7 Å². The third-order valence-corrected chi connectivity index (χ3v) is 7.28. The van der Waals surface area contributed by atoms with Crippen molar-refractivity contribution in [2.45, 2.75) is 43.9 Å². The molecule has 0 bridgehead atoms. The second-order valence-corrected chi connectivity index (χ2v) is 9.62. The van der Waals surface area contributed by atoms with Gasteiger partial charge in [0.2, 0.25) is 15.9 Å². The van der Waals surface area contributed by atoms with Crippen LogP contribution in [0.2, 0.25) is 0 Å². The number of sulfonamides is 1. The molecule has 3 rings (SSSR count). The van der Waals surface area contributed by atoms with Crippen LogP contribution in [0.5, 0.6) is 0 Å². The fourth-order valence-electron chi connectivity index (χ4n) is 3.66. The molecule has 29 heavy (non-hydrogen) atoms. The summed E-state index contributed by atoms with van der Waals surface area (Å²) in [6.45, 7) is 3.57. The van der Waals surface area contributed by atoms with E-state index in [1.807, 2.05) is 31.2 Å². The lowest BCUT2D eigenvalue weighted by Crippen LogP contribution is -2.40. The molecule has 2 aromatic rings. The summed E-state index contributed by atoms with van der Waals surface area (Å²) in [7, 11) is -3.47. The van der Waals surface area contributed by atoms with Crippen molar-refractivity contribution in [2.24, 2.45) is 5.92 Å². The summed E-state index contributed by atoms with van der Waals surface area (Å²) < 4.78 is 27.4. The number of benzene rings is 1. The van der Waals surface area contributed by atoms with Gasteiger partial charge in [0.1, 0.15) is 0 Å². The molecule has 1 fully saturated rings. The predicted molar refractivity (Wildman–Crippen MR) is 113 cm³/mol. The summed E-state index contributed by atoms with van der Waals surface area (Å²) in [6, 6.07) is 10.9. The Hall–Kier alpha value is -2.25. The summed E-state index contributed by atoms with van der Waals surface area (Å²) >= 11 is 0. The van der Waals surface area contributed by atoms with Gasteiger partial charge in [0, 0.05) is 38.4 Å². The van der Waals surface area contributed by atoms with Gasteiger partial charge in [-0.15, -0.1) is 0 Å². The number of carbonyl (C=O) groups excluding carboxylic acids is 1. The first-order valence-electron chi connectivity index (χ1n) is 10.2. The van der Waals surface area contributed by atoms with Gasteiger partial charge in [-0.2, -0.15) is 4.31 Å². The van der Waals surface area contributed by atoms with Crippen LogP contribution in [-0.2, 0) is 21.2 Å². The molecule has 1 amide bonds. The molecule has 1 aliphatic rings. The van der Waals surface area contributed by atoms with Crippen LogP contribution < -0.4 is 5.32 Å². The number of hydrogen-bond acceptors (Lipinski definition) is 4. The van der Waals surface area contributed by atoms with Crippen LogP contribution in [0.4, 0.5) is 0 Å². The highest BCUT2D eigenvalue weighted by Gasteiger charge is 2.30. The summed E-state index contributed by atoms with van der Waals surface area (Å²) in [5, 5.41) is 2.95. The van der Waals surface area contributed by atoms with Crippen molar-refractivity contribution in [1.29, 1.82) is 0 Å². The van der Waals surface area contributed by atoms with E-state index in [2.05, 4.69) is 10.3 Å². The summed E-state index contributed by atoms with van der Waals surface area (Å²) in [6.07, 6.45) is 7.21. The van der Waals surface area contributed by atoms with Crippen molar-refractivity contribution in [3.8, 4) is 0 Å². The molecular weight excluding hydrogens is 386 g/mol. The average molecular weight is 416 g/mol. The number of amides is 1. The maximum atomic E-state index is 12.9. The molecule has 1 aromatic heterocycles. The standard InChI is InChI=1S/C22H29N3O3S/c1-18-4-7-21(8-5-18)29(27,28)25-16-2-3-20(17-25)6-9-22(26)24-15-12-19-10-13-23-14-11-19/h4-5,7-8,10-11,13-14,20H,2-3,6,9,12,15-17H2,1H3,(H,24,26). The van der Waals surface area contributed by atoms with E-state index in [0.717, 1.165) is 30.4 Å². The Morgan fingerprint density at radius 2 is 1.90 bits per heavy atom. The highest BCUT2D eigenvalue weighted by atomic mass is 32.2. The third kappa shape index (κ3) is 6.11. The maximum Gasteiger partial charge on any atom is 0.243 e. The van der Waals surface area contributed by atoms with Gasteiger partial charge >= 0.3 is 0 Å². The number of carbonyl (C=O) groups is 1. The lowest BCUT2D eigenvalue weighted by molar-refractivity contribution is -0.121. The zero-order valence-corrected chi connectivity index (χ0v) is 17.7. The molecule has 0 aliphatic carbocycles. The minimum Gasteiger partial charge on any atom is -0.356 e. The topological polar surface area (TPSA) is 79.4 Å². The van der Waals surface area contributed by atoms with Gasteiger partial charge in [0.25, 0.3) is 0 Å². The normalized spacial score (nSPS) is 17.8. The van der Waals surface area contributed by atoms with Crippen LogP contribution in [0, 0.1) is 12.8 Å². The van der Waals surface area contributed by atoms with E-state index in [-0.39, 0.29) is 11.8 Å². The fourth-order valence-corrected chi connectivity index (χ4v) is 5.21. The summed E-state index contributed by atoms with van der Waals surface area (Å²) in [5.41, 5.74) is 2.18. The Morgan fingerprint density at radius 1 is 1.17 bits per heavy atom. The molecule has 1 unspecified atom stereocenters. The minimum absolute atomic E-state index is 0.0255. The van der Waals surface area contributed by atoms with Crippen LogP contribution >= 0.6 is 0 Å². The lowest BCUT2D eigenvalue weighted by Gasteiger charge is -2.32. The van der Waals surface area contributed by atoms with Gasteiger partial charge in [-0.3, -0.25) is 9.78 Å². The molecule has 0 radical (unpaired) electrons. The molecular formula is C22H29N3O3S. The van der Waals surface area contributed by atoms with Gasteiger partial charge in [0.05, 0.1) is 4.90 Å². The summed E-state index contributed by atoms with van der Waals surface area (Å²) in [5.74, 6) is 0.243. The number of rotatable bonds is 8. The van der Waals surface area contributed by atoms with Crippen LogP contribution in [0.25, 0.3) is 0 Å². The third-order valence-electron chi connectivity index (χ3n) is 5.41. The average Bonchev–Trinajstić information content (AvgIpc) is 2.73. The van der Waals surface area contributed by atoms with Crippen molar-refractivity contribution in [1.82, 2.24) is 14.6 Å². The lowest BCUT2D eigenvalue weighted by atomic mass is 9.94. The quantitative estimate of drug-likeness (QED) is 0.719. The van der Waals surface area contributed by atoms with Crippen molar-refractivity contribution in [3.05, 3.63) is 59.9 Å². The molecule has 1 N–H and O–H groups in total. The smallest absolute Gasteiger partial charge is 0.243 e. The molecule has 6 nitrogen and oxygen atoms in total. The Bertz CT molecular complexity index is 899. The number of aromatic nitrogens is 1. The van der Waals surface area contributed by atoms with E-state index in [1.54, 1.807) is 28.8 Å². The second kappa shape index (κ2) is 9.98. The number of nitrogens with zero attached hydrogens (tertiary/aromatic N) is 2. The van der Waals surface area contributed by atoms with Crippen molar-refractivity contribution in [2.75, 3.05) is 19.6 Å².